The quantitative estimate of drug-likeness (QED) is 0.373. The van der Waals surface area contributed by atoms with Crippen molar-refractivity contribution in [1.29, 1.82) is 0 Å². The van der Waals surface area contributed by atoms with Gasteiger partial charge in [-0.2, -0.15) is 0 Å². The summed E-state index contributed by atoms with van der Waals surface area (Å²) < 4.78 is 33.4. The molecule has 2 atom stereocenters. The number of hydrogen-bond donors (Lipinski definition) is 2. The van der Waals surface area contributed by atoms with Crippen LogP contribution >= 0.6 is 0 Å². The summed E-state index contributed by atoms with van der Waals surface area (Å²) in [6.45, 7) is 9.55. The van der Waals surface area contributed by atoms with Crippen LogP contribution in [-0.4, -0.2) is 72.4 Å². The molecule has 2 unspecified atom stereocenters. The zero-order valence-corrected chi connectivity index (χ0v) is 17.1. The third-order valence-electron chi connectivity index (χ3n) is 4.19. The lowest BCUT2D eigenvalue weighted by Crippen LogP contribution is -2.47. The fourth-order valence-corrected chi connectivity index (χ4v) is 3.43. The van der Waals surface area contributed by atoms with E-state index < -0.39 is 9.84 Å². The SMILES string of the molecule is CN=C(NCCOCCS(C)(=O)=O)NCC1CCCOC1C(C)(C)C. The minimum Gasteiger partial charge on any atom is -0.379 e. The van der Waals surface area contributed by atoms with E-state index in [0.29, 0.717) is 19.1 Å². The summed E-state index contributed by atoms with van der Waals surface area (Å²) >= 11 is 0. The van der Waals surface area contributed by atoms with Gasteiger partial charge < -0.3 is 20.1 Å². The molecule has 0 aliphatic carbocycles. The maximum absolute atomic E-state index is 11.0. The zero-order valence-electron chi connectivity index (χ0n) is 16.3. The Morgan fingerprint density at radius 3 is 2.60 bits per heavy atom. The molecular formula is C17H35N3O4S. The molecule has 0 spiro atoms. The molecule has 148 valence electrons. The summed E-state index contributed by atoms with van der Waals surface area (Å²) in [6.07, 6.45) is 3.70. The zero-order chi connectivity index (χ0) is 18.9. The molecule has 1 heterocycles. The van der Waals surface area contributed by atoms with Crippen LogP contribution in [0.3, 0.4) is 0 Å². The topological polar surface area (TPSA) is 89.0 Å². The van der Waals surface area contributed by atoms with E-state index in [1.165, 1.54) is 6.26 Å². The molecule has 0 amide bonds. The van der Waals surface area contributed by atoms with E-state index in [9.17, 15) is 8.42 Å². The molecule has 0 aromatic rings. The van der Waals surface area contributed by atoms with E-state index in [1.807, 2.05) is 0 Å². The molecule has 0 saturated carbocycles. The number of ether oxygens (including phenoxy) is 2. The van der Waals surface area contributed by atoms with Gasteiger partial charge in [0.2, 0.25) is 0 Å². The van der Waals surface area contributed by atoms with Gasteiger partial charge >= 0.3 is 0 Å². The van der Waals surface area contributed by atoms with E-state index in [0.717, 1.165) is 32.0 Å². The van der Waals surface area contributed by atoms with Gasteiger partial charge in [0.25, 0.3) is 0 Å². The highest BCUT2D eigenvalue weighted by molar-refractivity contribution is 7.90. The smallest absolute Gasteiger partial charge is 0.191 e. The van der Waals surface area contributed by atoms with Gasteiger partial charge in [0.15, 0.2) is 5.96 Å². The average Bonchev–Trinajstić information content (AvgIpc) is 2.52. The number of rotatable bonds is 8. The van der Waals surface area contributed by atoms with Crippen molar-refractivity contribution >= 4 is 15.8 Å². The van der Waals surface area contributed by atoms with Crippen LogP contribution in [0.5, 0.6) is 0 Å². The standard InChI is InChI=1S/C17H35N3O4S/c1-17(2,3)15-14(7-6-9-24-15)13-20-16(18-4)19-8-10-23-11-12-25(5,21)22/h14-15H,6-13H2,1-5H3,(H2,18,19,20). The number of aliphatic imine (C=N–C) groups is 1. The van der Waals surface area contributed by atoms with Gasteiger partial charge in [-0.25, -0.2) is 8.42 Å². The van der Waals surface area contributed by atoms with Crippen LogP contribution in [0.4, 0.5) is 0 Å². The Kier molecular flexibility index (Phi) is 9.16. The van der Waals surface area contributed by atoms with Crippen molar-refractivity contribution in [3.8, 4) is 0 Å². The minimum atomic E-state index is -2.96. The van der Waals surface area contributed by atoms with Gasteiger partial charge in [-0.15, -0.1) is 0 Å². The average molecular weight is 378 g/mol. The van der Waals surface area contributed by atoms with Crippen molar-refractivity contribution in [1.82, 2.24) is 10.6 Å². The Balaban J connectivity index is 2.29. The van der Waals surface area contributed by atoms with Crippen LogP contribution in [0.2, 0.25) is 0 Å². The summed E-state index contributed by atoms with van der Waals surface area (Å²) in [5, 5.41) is 6.55. The Morgan fingerprint density at radius 2 is 2.00 bits per heavy atom. The maximum atomic E-state index is 11.0. The predicted octanol–water partition coefficient (Wildman–Crippen LogP) is 1.05. The van der Waals surface area contributed by atoms with Crippen LogP contribution in [0, 0.1) is 11.3 Å². The molecule has 1 fully saturated rings. The van der Waals surface area contributed by atoms with Crippen LogP contribution in [0.15, 0.2) is 4.99 Å². The molecule has 2 N–H and O–H groups in total. The normalized spacial score (nSPS) is 22.7. The Hall–Kier alpha value is -0.860. The first kappa shape index (κ1) is 22.2. The fraction of sp³-hybridized carbons (Fsp3) is 0.941. The second-order valence-electron chi connectivity index (χ2n) is 7.68. The highest BCUT2D eigenvalue weighted by Gasteiger charge is 2.35. The van der Waals surface area contributed by atoms with Crippen molar-refractivity contribution in [2.75, 3.05) is 52.0 Å². The van der Waals surface area contributed by atoms with Crippen molar-refractivity contribution in [3.05, 3.63) is 0 Å². The Bertz CT molecular complexity index is 514. The lowest BCUT2D eigenvalue weighted by atomic mass is 9.78. The lowest BCUT2D eigenvalue weighted by Gasteiger charge is -2.40. The number of guanidine groups is 1. The first-order chi connectivity index (χ1) is 11.6. The minimum absolute atomic E-state index is 0.0514. The van der Waals surface area contributed by atoms with Gasteiger partial charge in [0.1, 0.15) is 9.84 Å². The molecule has 7 nitrogen and oxygen atoms in total. The summed E-state index contributed by atoms with van der Waals surface area (Å²) in [6, 6.07) is 0. The highest BCUT2D eigenvalue weighted by atomic mass is 32.2. The van der Waals surface area contributed by atoms with Crippen molar-refractivity contribution in [2.24, 2.45) is 16.3 Å². The van der Waals surface area contributed by atoms with Gasteiger partial charge in [0.05, 0.1) is 25.1 Å². The van der Waals surface area contributed by atoms with Gasteiger partial charge in [0, 0.05) is 38.9 Å². The Morgan fingerprint density at radius 1 is 1.28 bits per heavy atom. The molecule has 0 radical (unpaired) electrons. The molecule has 1 aliphatic heterocycles. The highest BCUT2D eigenvalue weighted by Crippen LogP contribution is 2.33. The van der Waals surface area contributed by atoms with E-state index >= 15 is 0 Å². The van der Waals surface area contributed by atoms with E-state index in [4.69, 9.17) is 9.47 Å². The molecule has 1 saturated heterocycles. The van der Waals surface area contributed by atoms with Crippen LogP contribution < -0.4 is 10.6 Å². The summed E-state index contributed by atoms with van der Waals surface area (Å²) in [5.74, 6) is 1.24. The van der Waals surface area contributed by atoms with E-state index in [2.05, 4.69) is 36.4 Å². The molecular weight excluding hydrogens is 342 g/mol. The lowest BCUT2D eigenvalue weighted by molar-refractivity contribution is -0.0835. The monoisotopic (exact) mass is 377 g/mol. The third-order valence-corrected chi connectivity index (χ3v) is 5.10. The van der Waals surface area contributed by atoms with Gasteiger partial charge in [-0.1, -0.05) is 20.8 Å². The molecule has 1 aliphatic rings. The maximum Gasteiger partial charge on any atom is 0.191 e. The fourth-order valence-electron chi connectivity index (χ4n) is 3.01. The second kappa shape index (κ2) is 10.3. The molecule has 8 heteroatoms. The van der Waals surface area contributed by atoms with Gasteiger partial charge in [-0.3, -0.25) is 4.99 Å². The van der Waals surface area contributed by atoms with Crippen LogP contribution in [-0.2, 0) is 19.3 Å². The van der Waals surface area contributed by atoms with Crippen LogP contribution in [0.25, 0.3) is 0 Å². The third kappa shape index (κ3) is 9.42. The summed E-state index contributed by atoms with van der Waals surface area (Å²) in [4.78, 5) is 4.22. The largest absolute Gasteiger partial charge is 0.379 e. The predicted molar refractivity (Wildman–Crippen MR) is 102 cm³/mol. The van der Waals surface area contributed by atoms with Crippen molar-refractivity contribution < 1.29 is 17.9 Å². The van der Waals surface area contributed by atoms with E-state index in [1.54, 1.807) is 7.05 Å². The molecule has 1 rings (SSSR count). The van der Waals surface area contributed by atoms with E-state index in [-0.39, 0.29) is 23.9 Å². The molecule has 25 heavy (non-hydrogen) atoms. The first-order valence-corrected chi connectivity index (χ1v) is 11.0. The molecule has 0 aromatic carbocycles. The summed E-state index contributed by atoms with van der Waals surface area (Å²) in [7, 11) is -1.23. The molecule has 0 bridgehead atoms. The number of sulfone groups is 1. The van der Waals surface area contributed by atoms with Crippen molar-refractivity contribution in [3.63, 3.8) is 0 Å². The number of nitrogens with one attached hydrogen (secondary N) is 2. The van der Waals surface area contributed by atoms with Crippen LogP contribution in [0.1, 0.15) is 33.6 Å². The van der Waals surface area contributed by atoms with Crippen molar-refractivity contribution in [2.45, 2.75) is 39.7 Å². The summed E-state index contributed by atoms with van der Waals surface area (Å²) in [5.41, 5.74) is 0.122. The first-order valence-electron chi connectivity index (χ1n) is 8.95. The second-order valence-corrected chi connectivity index (χ2v) is 9.94. The number of nitrogens with zero attached hydrogens (tertiary/aromatic N) is 1. The van der Waals surface area contributed by atoms with Gasteiger partial charge in [-0.05, 0) is 18.3 Å². The number of hydrogen-bond acceptors (Lipinski definition) is 5. The Labute approximate surface area is 152 Å². The molecule has 0 aromatic heterocycles.